The summed E-state index contributed by atoms with van der Waals surface area (Å²) >= 11 is 3.05. The average Bonchev–Trinajstić information content (AvgIpc) is 2.50. The van der Waals surface area contributed by atoms with Crippen molar-refractivity contribution in [3.63, 3.8) is 0 Å². The Morgan fingerprint density at radius 1 is 1.92 bits per heavy atom. The van der Waals surface area contributed by atoms with Gasteiger partial charge in [-0.1, -0.05) is 22.5 Å². The molecule has 12 heavy (non-hydrogen) atoms. The topological polar surface area (TPSA) is 34.2 Å². The second-order valence-corrected chi connectivity index (χ2v) is 2.75. The largest absolute Gasteiger partial charge is 0.361 e. The number of aromatic nitrogens is 2. The molecule has 0 amide bonds. The summed E-state index contributed by atoms with van der Waals surface area (Å²) < 4.78 is 43.4. The SMILES string of the molecule is [2H]C([2H])([2H])NCc1nn(C([2H])([2H])[2H])c([N+]#[C-])c1Br. The van der Waals surface area contributed by atoms with Crippen molar-refractivity contribution < 1.29 is 8.22 Å². The fraction of sp³-hybridized carbons (Fsp3) is 0.429. The van der Waals surface area contributed by atoms with Crippen LogP contribution >= 0.6 is 15.9 Å². The van der Waals surface area contributed by atoms with Gasteiger partial charge in [0.2, 0.25) is 0 Å². The Hall–Kier alpha value is -0.860. The van der Waals surface area contributed by atoms with Gasteiger partial charge >= 0.3 is 0 Å². The van der Waals surface area contributed by atoms with Crippen LogP contribution in [0.3, 0.4) is 0 Å². The van der Waals surface area contributed by atoms with Gasteiger partial charge in [0.1, 0.15) is 5.69 Å². The molecular weight excluding hydrogens is 220 g/mol. The summed E-state index contributed by atoms with van der Waals surface area (Å²) in [5, 5.41) is 5.94. The molecular formula is C7H9BrN4. The Morgan fingerprint density at radius 2 is 2.75 bits per heavy atom. The summed E-state index contributed by atoms with van der Waals surface area (Å²) in [6, 6.07) is 0. The molecule has 1 aromatic heterocycles. The van der Waals surface area contributed by atoms with Gasteiger partial charge < -0.3 is 10.2 Å². The minimum atomic E-state index is -2.58. The zero-order valence-electron chi connectivity index (χ0n) is 11.9. The van der Waals surface area contributed by atoms with Crippen molar-refractivity contribution >= 4 is 21.7 Å². The van der Waals surface area contributed by atoms with Gasteiger partial charge in [0.25, 0.3) is 5.82 Å². The molecule has 0 aliphatic rings. The molecule has 0 bridgehead atoms. The van der Waals surface area contributed by atoms with Crippen LogP contribution in [0.15, 0.2) is 4.47 Å². The number of aryl methyl sites for hydroxylation is 1. The van der Waals surface area contributed by atoms with Gasteiger partial charge in [-0.3, -0.25) is 0 Å². The number of hydrogen-bond acceptors (Lipinski definition) is 2. The second kappa shape index (κ2) is 3.70. The number of hydrogen-bond donors (Lipinski definition) is 1. The van der Waals surface area contributed by atoms with Crippen molar-refractivity contribution in [1.29, 1.82) is 0 Å². The Labute approximate surface area is 87.9 Å². The Kier molecular flexibility index (Phi) is 1.20. The molecule has 0 unspecified atom stereocenters. The molecule has 0 aliphatic carbocycles. The predicted molar refractivity (Wildman–Crippen MR) is 49.9 cm³/mol. The number of nitrogens with zero attached hydrogens (tertiary/aromatic N) is 3. The average molecular weight is 235 g/mol. The van der Waals surface area contributed by atoms with Crippen LogP contribution < -0.4 is 5.32 Å². The molecule has 64 valence electrons. The van der Waals surface area contributed by atoms with Crippen molar-refractivity contribution in [3.8, 4) is 0 Å². The highest BCUT2D eigenvalue weighted by atomic mass is 79.9. The van der Waals surface area contributed by atoms with E-state index in [4.69, 9.17) is 14.8 Å². The van der Waals surface area contributed by atoms with E-state index in [-0.39, 0.29) is 22.5 Å². The molecule has 0 saturated heterocycles. The third-order valence-electron chi connectivity index (χ3n) is 1.23. The third-order valence-corrected chi connectivity index (χ3v) is 2.05. The van der Waals surface area contributed by atoms with Gasteiger partial charge in [-0.15, -0.1) is 5.10 Å². The maximum absolute atomic E-state index is 7.22. The maximum Gasteiger partial charge on any atom is 0.266 e. The lowest BCUT2D eigenvalue weighted by atomic mass is 10.4. The fourth-order valence-electron chi connectivity index (χ4n) is 0.727. The van der Waals surface area contributed by atoms with Gasteiger partial charge in [-0.05, 0) is 6.98 Å². The van der Waals surface area contributed by atoms with Crippen LogP contribution in [0.2, 0.25) is 0 Å². The number of nitrogens with one attached hydrogen (secondary N) is 1. The molecule has 1 heterocycles. The fourth-order valence-corrected chi connectivity index (χ4v) is 1.20. The van der Waals surface area contributed by atoms with E-state index < -0.39 is 14.0 Å². The zero-order chi connectivity index (χ0) is 14.1. The lowest BCUT2D eigenvalue weighted by molar-refractivity contribution is 0.718. The first kappa shape index (κ1) is 3.90. The molecule has 0 fully saturated rings. The summed E-state index contributed by atoms with van der Waals surface area (Å²) in [6.07, 6.45) is 0. The monoisotopic (exact) mass is 234 g/mol. The van der Waals surface area contributed by atoms with E-state index in [1.165, 1.54) is 0 Å². The van der Waals surface area contributed by atoms with Crippen molar-refractivity contribution in [3.05, 3.63) is 21.6 Å². The van der Waals surface area contributed by atoms with E-state index in [0.29, 0.717) is 4.68 Å². The highest BCUT2D eigenvalue weighted by molar-refractivity contribution is 9.10. The van der Waals surface area contributed by atoms with Crippen LogP contribution in [0.4, 0.5) is 5.82 Å². The summed E-state index contributed by atoms with van der Waals surface area (Å²) in [5.41, 5.74) is 0.160. The zero-order valence-corrected chi connectivity index (χ0v) is 7.51. The maximum atomic E-state index is 7.22. The minimum absolute atomic E-state index is 0.160. The summed E-state index contributed by atoms with van der Waals surface area (Å²) in [7, 11) is 0. The molecule has 5 heteroatoms. The molecule has 0 aliphatic heterocycles. The van der Waals surface area contributed by atoms with Crippen molar-refractivity contribution in [2.45, 2.75) is 6.54 Å². The van der Waals surface area contributed by atoms with Gasteiger partial charge in [-0.2, -0.15) is 4.68 Å². The van der Waals surface area contributed by atoms with Gasteiger partial charge in [0.05, 0.1) is 15.6 Å². The molecule has 0 saturated carbocycles. The van der Waals surface area contributed by atoms with E-state index in [0.717, 1.165) is 0 Å². The Bertz CT molecular complexity index is 482. The highest BCUT2D eigenvalue weighted by Gasteiger charge is 2.12. The molecule has 1 aromatic rings. The highest BCUT2D eigenvalue weighted by Crippen LogP contribution is 2.27. The third kappa shape index (κ3) is 1.49. The normalized spacial score (nSPS) is 19.3. The first-order chi connectivity index (χ1) is 8.06. The van der Waals surface area contributed by atoms with Crippen LogP contribution in [0.5, 0.6) is 0 Å². The van der Waals surface area contributed by atoms with Crippen LogP contribution in [0.1, 0.15) is 13.9 Å². The Balaban J connectivity index is 3.10. The van der Waals surface area contributed by atoms with Crippen LogP contribution in [0.25, 0.3) is 4.85 Å². The molecule has 1 N–H and O–H groups in total. The van der Waals surface area contributed by atoms with Crippen LogP contribution in [-0.2, 0) is 13.5 Å². The summed E-state index contributed by atoms with van der Waals surface area (Å²) in [6.45, 7) is 1.82. The summed E-state index contributed by atoms with van der Waals surface area (Å²) in [4.78, 5) is 3.08. The van der Waals surface area contributed by atoms with Crippen molar-refractivity contribution in [2.24, 2.45) is 6.98 Å². The van der Waals surface area contributed by atoms with E-state index in [1.54, 1.807) is 0 Å². The smallest absolute Gasteiger partial charge is 0.266 e. The molecule has 0 atom stereocenters. The van der Waals surface area contributed by atoms with Crippen LogP contribution in [-0.4, -0.2) is 16.8 Å². The van der Waals surface area contributed by atoms with E-state index in [1.807, 2.05) is 0 Å². The molecule has 4 nitrogen and oxygen atoms in total. The van der Waals surface area contributed by atoms with E-state index in [9.17, 15) is 0 Å². The number of halogens is 1. The first-order valence-corrected chi connectivity index (χ1v) is 3.76. The lowest BCUT2D eigenvalue weighted by Crippen LogP contribution is -2.06. The van der Waals surface area contributed by atoms with E-state index >= 15 is 0 Å². The van der Waals surface area contributed by atoms with E-state index in [2.05, 4.69) is 31.2 Å². The van der Waals surface area contributed by atoms with Gasteiger partial charge in [-0.25, -0.2) is 0 Å². The molecule has 0 radical (unpaired) electrons. The molecule has 0 spiro atoms. The lowest BCUT2D eigenvalue weighted by Gasteiger charge is -1.91. The summed E-state index contributed by atoms with van der Waals surface area (Å²) in [5.74, 6) is -0.183. The standard InChI is InChI=1S/C7H9BrN4/c1-9-4-5-6(8)7(10-2)12(3)11-5/h9H,4H2,1,3H3/i1D3,3D3. The Morgan fingerprint density at radius 3 is 3.25 bits per heavy atom. The minimum Gasteiger partial charge on any atom is -0.361 e. The number of rotatable bonds is 2. The van der Waals surface area contributed by atoms with Gasteiger partial charge in [0.15, 0.2) is 0 Å². The first-order valence-electron chi connectivity index (χ1n) is 5.96. The van der Waals surface area contributed by atoms with Crippen molar-refractivity contribution in [1.82, 2.24) is 15.1 Å². The molecule has 1 rings (SSSR count). The van der Waals surface area contributed by atoms with Gasteiger partial charge in [0, 0.05) is 10.7 Å². The van der Waals surface area contributed by atoms with Crippen LogP contribution in [0, 0.1) is 6.57 Å². The predicted octanol–water partition coefficient (Wildman–Crippen LogP) is 1.45. The second-order valence-electron chi connectivity index (χ2n) is 1.96. The van der Waals surface area contributed by atoms with Crippen molar-refractivity contribution in [2.75, 3.05) is 6.98 Å². The quantitative estimate of drug-likeness (QED) is 0.787. The molecule has 0 aromatic carbocycles.